The number of hydrogen-bond acceptors (Lipinski definition) is 3. The van der Waals surface area contributed by atoms with E-state index in [2.05, 4.69) is 22.9 Å². The predicted octanol–water partition coefficient (Wildman–Crippen LogP) is 1.73. The molecule has 0 spiro atoms. The van der Waals surface area contributed by atoms with Crippen LogP contribution in [0, 0.1) is 0 Å². The monoisotopic (exact) mass is 194 g/mol. The summed E-state index contributed by atoms with van der Waals surface area (Å²) in [6, 6.07) is 4.17. The van der Waals surface area contributed by atoms with E-state index in [1.54, 1.807) is 7.11 Å². The van der Waals surface area contributed by atoms with Crippen molar-refractivity contribution in [2.24, 2.45) is 0 Å². The van der Waals surface area contributed by atoms with Crippen LogP contribution in [-0.4, -0.2) is 32.3 Å². The van der Waals surface area contributed by atoms with Gasteiger partial charge in [-0.3, -0.25) is 0 Å². The molecule has 1 aromatic rings. The van der Waals surface area contributed by atoms with Gasteiger partial charge in [-0.2, -0.15) is 0 Å². The minimum atomic E-state index is 0.731. The smallest absolute Gasteiger partial charge is 0.128 e. The molecule has 1 aromatic heterocycles. The lowest BCUT2D eigenvalue weighted by atomic mass is 10.2. The summed E-state index contributed by atoms with van der Waals surface area (Å²) in [5, 5.41) is 0. The van der Waals surface area contributed by atoms with Gasteiger partial charge in [0.05, 0.1) is 6.61 Å². The molecule has 1 heterocycles. The van der Waals surface area contributed by atoms with E-state index >= 15 is 0 Å². The summed E-state index contributed by atoms with van der Waals surface area (Å²) in [5.41, 5.74) is 1.32. The molecule has 0 aromatic carbocycles. The summed E-state index contributed by atoms with van der Waals surface area (Å²) >= 11 is 0. The van der Waals surface area contributed by atoms with Crippen LogP contribution in [0.15, 0.2) is 18.3 Å². The fraction of sp³-hybridized carbons (Fsp3) is 0.545. The molecule has 0 unspecified atom stereocenters. The van der Waals surface area contributed by atoms with Crippen LogP contribution in [0.5, 0.6) is 0 Å². The summed E-state index contributed by atoms with van der Waals surface area (Å²) in [5.74, 6) is 1.02. The van der Waals surface area contributed by atoms with Crippen LogP contribution < -0.4 is 4.90 Å². The van der Waals surface area contributed by atoms with Gasteiger partial charge in [-0.25, -0.2) is 4.98 Å². The van der Waals surface area contributed by atoms with Gasteiger partial charge in [0, 0.05) is 26.9 Å². The molecule has 0 saturated heterocycles. The van der Waals surface area contributed by atoms with Gasteiger partial charge in [0.1, 0.15) is 5.82 Å². The van der Waals surface area contributed by atoms with E-state index in [1.165, 1.54) is 5.56 Å². The van der Waals surface area contributed by atoms with Crippen molar-refractivity contribution >= 4 is 5.82 Å². The Hall–Kier alpha value is -1.09. The van der Waals surface area contributed by atoms with Crippen molar-refractivity contribution in [2.75, 3.05) is 32.2 Å². The summed E-state index contributed by atoms with van der Waals surface area (Å²) < 4.78 is 5.02. The number of nitrogens with zero attached hydrogens (tertiary/aromatic N) is 2. The van der Waals surface area contributed by atoms with Crippen molar-refractivity contribution < 1.29 is 4.74 Å². The molecule has 0 N–H and O–H groups in total. The highest BCUT2D eigenvalue weighted by Gasteiger charge is 2.01. The number of methoxy groups -OCH3 is 1. The van der Waals surface area contributed by atoms with Gasteiger partial charge in [0.25, 0.3) is 0 Å². The van der Waals surface area contributed by atoms with Crippen molar-refractivity contribution in [1.29, 1.82) is 0 Å². The maximum absolute atomic E-state index is 5.02. The van der Waals surface area contributed by atoms with Crippen molar-refractivity contribution in [3.8, 4) is 0 Å². The fourth-order valence-electron chi connectivity index (χ4n) is 1.23. The number of rotatable bonds is 5. The van der Waals surface area contributed by atoms with E-state index in [0.717, 1.165) is 25.4 Å². The molecule has 78 valence electrons. The molecule has 0 aliphatic carbocycles. The number of pyridine rings is 1. The second-order valence-corrected chi connectivity index (χ2v) is 3.29. The number of ether oxygens (including phenoxy) is 1. The molecule has 0 aliphatic rings. The molecule has 0 fully saturated rings. The normalized spacial score (nSPS) is 10.2. The van der Waals surface area contributed by atoms with E-state index in [0.29, 0.717) is 0 Å². The van der Waals surface area contributed by atoms with Crippen molar-refractivity contribution in [2.45, 2.75) is 13.3 Å². The van der Waals surface area contributed by atoms with Gasteiger partial charge >= 0.3 is 0 Å². The second-order valence-electron chi connectivity index (χ2n) is 3.29. The zero-order chi connectivity index (χ0) is 10.4. The van der Waals surface area contributed by atoms with Gasteiger partial charge in [-0.05, 0) is 24.1 Å². The summed E-state index contributed by atoms with van der Waals surface area (Å²) in [4.78, 5) is 6.41. The lowest BCUT2D eigenvalue weighted by molar-refractivity contribution is 0.206. The molecule has 3 nitrogen and oxygen atoms in total. The molecule has 0 atom stereocenters. The Kier molecular flexibility index (Phi) is 4.40. The lowest BCUT2D eigenvalue weighted by Crippen LogP contribution is -2.23. The lowest BCUT2D eigenvalue weighted by Gasteiger charge is -2.17. The molecule has 1 rings (SSSR count). The molecule has 3 heteroatoms. The fourth-order valence-corrected chi connectivity index (χ4v) is 1.23. The van der Waals surface area contributed by atoms with E-state index in [-0.39, 0.29) is 0 Å². The first-order valence-electron chi connectivity index (χ1n) is 4.93. The quantitative estimate of drug-likeness (QED) is 0.713. The van der Waals surface area contributed by atoms with Crippen LogP contribution in [-0.2, 0) is 11.2 Å². The first-order valence-corrected chi connectivity index (χ1v) is 4.93. The molecular formula is C11H18N2O. The maximum atomic E-state index is 5.02. The zero-order valence-electron chi connectivity index (χ0n) is 9.16. The molecule has 0 saturated carbocycles. The van der Waals surface area contributed by atoms with Crippen molar-refractivity contribution in [1.82, 2.24) is 4.98 Å². The standard InChI is InChI=1S/C11H18N2O/c1-4-10-5-6-12-11(9-10)13(2)7-8-14-3/h5-6,9H,4,7-8H2,1-3H3. The van der Waals surface area contributed by atoms with Crippen LogP contribution in [0.1, 0.15) is 12.5 Å². The van der Waals surface area contributed by atoms with Gasteiger partial charge in [-0.15, -0.1) is 0 Å². The molecular weight excluding hydrogens is 176 g/mol. The van der Waals surface area contributed by atoms with Gasteiger partial charge in [0.2, 0.25) is 0 Å². The van der Waals surface area contributed by atoms with Crippen LogP contribution in [0.4, 0.5) is 5.82 Å². The number of anilines is 1. The Morgan fingerprint density at radius 2 is 2.29 bits per heavy atom. The first kappa shape index (κ1) is 11.0. The molecule has 0 bridgehead atoms. The minimum Gasteiger partial charge on any atom is -0.383 e. The highest BCUT2D eigenvalue weighted by atomic mass is 16.5. The molecule has 0 aliphatic heterocycles. The first-order chi connectivity index (χ1) is 6.77. The van der Waals surface area contributed by atoms with Crippen molar-refractivity contribution in [3.63, 3.8) is 0 Å². The second kappa shape index (κ2) is 5.60. The van der Waals surface area contributed by atoms with Gasteiger partial charge in [-0.1, -0.05) is 6.92 Å². The van der Waals surface area contributed by atoms with E-state index in [9.17, 15) is 0 Å². The van der Waals surface area contributed by atoms with Crippen molar-refractivity contribution in [3.05, 3.63) is 23.9 Å². The molecule has 14 heavy (non-hydrogen) atoms. The number of aromatic nitrogens is 1. The predicted molar refractivity (Wildman–Crippen MR) is 58.8 cm³/mol. The Labute approximate surface area is 85.7 Å². The average molecular weight is 194 g/mol. The van der Waals surface area contributed by atoms with Crippen LogP contribution in [0.2, 0.25) is 0 Å². The molecule has 0 radical (unpaired) electrons. The van der Waals surface area contributed by atoms with Crippen LogP contribution in [0.3, 0.4) is 0 Å². The SMILES string of the molecule is CCc1ccnc(N(C)CCOC)c1. The Balaban J connectivity index is 2.64. The minimum absolute atomic E-state index is 0.731. The Morgan fingerprint density at radius 3 is 2.93 bits per heavy atom. The highest BCUT2D eigenvalue weighted by Crippen LogP contribution is 2.10. The topological polar surface area (TPSA) is 25.4 Å². The van der Waals surface area contributed by atoms with E-state index in [4.69, 9.17) is 4.74 Å². The Morgan fingerprint density at radius 1 is 1.50 bits per heavy atom. The van der Waals surface area contributed by atoms with E-state index < -0.39 is 0 Å². The summed E-state index contributed by atoms with van der Waals surface area (Å²) in [6.07, 6.45) is 2.91. The van der Waals surface area contributed by atoms with E-state index in [1.807, 2.05) is 19.3 Å². The molecule has 0 amide bonds. The Bertz CT molecular complexity index is 276. The average Bonchev–Trinajstić information content (AvgIpc) is 2.26. The third kappa shape index (κ3) is 3.00. The summed E-state index contributed by atoms with van der Waals surface area (Å²) in [6.45, 7) is 3.75. The van der Waals surface area contributed by atoms with Gasteiger partial charge in [0.15, 0.2) is 0 Å². The third-order valence-electron chi connectivity index (χ3n) is 2.24. The summed E-state index contributed by atoms with van der Waals surface area (Å²) in [7, 11) is 3.74. The highest BCUT2D eigenvalue weighted by molar-refractivity contribution is 5.39. The third-order valence-corrected chi connectivity index (χ3v) is 2.24. The largest absolute Gasteiger partial charge is 0.383 e. The number of hydrogen-bond donors (Lipinski definition) is 0. The van der Waals surface area contributed by atoms with Crippen LogP contribution >= 0.6 is 0 Å². The van der Waals surface area contributed by atoms with Crippen LogP contribution in [0.25, 0.3) is 0 Å². The number of aryl methyl sites for hydroxylation is 1. The number of likely N-dealkylation sites (N-methyl/N-ethyl adjacent to an activating group) is 1. The zero-order valence-corrected chi connectivity index (χ0v) is 9.16. The van der Waals surface area contributed by atoms with Gasteiger partial charge < -0.3 is 9.64 Å². The maximum Gasteiger partial charge on any atom is 0.128 e.